The molecule has 0 spiro atoms. The number of carboxylic acid groups (broad SMARTS) is 1. The van der Waals surface area contributed by atoms with Gasteiger partial charge in [-0.25, -0.2) is 4.79 Å². The second kappa shape index (κ2) is 9.95. The molecular formula is C17H25NO4. The van der Waals surface area contributed by atoms with Crippen molar-refractivity contribution in [2.45, 2.75) is 45.8 Å². The van der Waals surface area contributed by atoms with Crippen LogP contribution in [0.5, 0.6) is 0 Å². The standard InChI is InChI=1S/C17H25NO4/c1-13(2)11-15(17(20)21)18-16(19)9-6-10-22-12-14-7-4-3-5-8-14/h3-5,7-8,13,15H,6,9-12H2,1-2H3,(H,18,19)(H,20,21)/t15-/m1/s1. The summed E-state index contributed by atoms with van der Waals surface area (Å²) >= 11 is 0. The first-order chi connectivity index (χ1) is 10.5. The van der Waals surface area contributed by atoms with E-state index in [1.807, 2.05) is 44.2 Å². The molecule has 5 nitrogen and oxygen atoms in total. The zero-order valence-corrected chi connectivity index (χ0v) is 13.2. The van der Waals surface area contributed by atoms with Crippen LogP contribution in [0.15, 0.2) is 30.3 Å². The number of carboxylic acids is 1. The van der Waals surface area contributed by atoms with Gasteiger partial charge in [-0.2, -0.15) is 0 Å². The minimum Gasteiger partial charge on any atom is -0.480 e. The summed E-state index contributed by atoms with van der Waals surface area (Å²) in [6.07, 6.45) is 1.29. The number of carbonyl (C=O) groups excluding carboxylic acids is 1. The number of benzene rings is 1. The van der Waals surface area contributed by atoms with Crippen molar-refractivity contribution in [3.63, 3.8) is 0 Å². The SMILES string of the molecule is CC(C)C[C@@H](NC(=O)CCCOCc1ccccc1)C(=O)O. The number of hydrogen-bond acceptors (Lipinski definition) is 3. The highest BCUT2D eigenvalue weighted by Crippen LogP contribution is 2.06. The van der Waals surface area contributed by atoms with Crippen molar-refractivity contribution in [1.29, 1.82) is 0 Å². The summed E-state index contributed by atoms with van der Waals surface area (Å²) in [6.45, 7) is 4.86. The largest absolute Gasteiger partial charge is 0.480 e. The van der Waals surface area contributed by atoms with E-state index in [2.05, 4.69) is 5.32 Å². The Kier molecular flexibility index (Phi) is 8.22. The van der Waals surface area contributed by atoms with Crippen LogP contribution in [0.4, 0.5) is 0 Å². The molecule has 22 heavy (non-hydrogen) atoms. The fourth-order valence-corrected chi connectivity index (χ4v) is 2.06. The molecule has 1 atom stereocenters. The van der Waals surface area contributed by atoms with Crippen LogP contribution in [0.1, 0.15) is 38.7 Å². The maximum atomic E-state index is 11.7. The monoisotopic (exact) mass is 307 g/mol. The Morgan fingerprint density at radius 1 is 1.23 bits per heavy atom. The molecule has 0 heterocycles. The lowest BCUT2D eigenvalue weighted by Crippen LogP contribution is -2.41. The quantitative estimate of drug-likeness (QED) is 0.652. The van der Waals surface area contributed by atoms with Crippen molar-refractivity contribution in [2.24, 2.45) is 5.92 Å². The number of aliphatic carboxylic acids is 1. The smallest absolute Gasteiger partial charge is 0.326 e. The lowest BCUT2D eigenvalue weighted by molar-refractivity contribution is -0.142. The number of nitrogens with one attached hydrogen (secondary N) is 1. The summed E-state index contributed by atoms with van der Waals surface area (Å²) in [5, 5.41) is 11.6. The molecule has 0 unspecified atom stereocenters. The van der Waals surface area contributed by atoms with Gasteiger partial charge in [0.2, 0.25) is 5.91 Å². The fourth-order valence-electron chi connectivity index (χ4n) is 2.06. The Hall–Kier alpha value is -1.88. The van der Waals surface area contributed by atoms with E-state index in [4.69, 9.17) is 9.84 Å². The Balaban J connectivity index is 2.18. The molecule has 0 radical (unpaired) electrons. The summed E-state index contributed by atoms with van der Waals surface area (Å²) < 4.78 is 5.49. The third-order valence-electron chi connectivity index (χ3n) is 3.14. The van der Waals surface area contributed by atoms with Crippen molar-refractivity contribution in [3.05, 3.63) is 35.9 Å². The highest BCUT2D eigenvalue weighted by molar-refractivity contribution is 5.83. The van der Waals surface area contributed by atoms with Gasteiger partial charge in [0.15, 0.2) is 0 Å². The minimum absolute atomic E-state index is 0.218. The fraction of sp³-hybridized carbons (Fsp3) is 0.529. The molecule has 0 aliphatic heterocycles. The van der Waals surface area contributed by atoms with E-state index >= 15 is 0 Å². The Bertz CT molecular complexity index is 459. The van der Waals surface area contributed by atoms with E-state index in [-0.39, 0.29) is 18.2 Å². The average molecular weight is 307 g/mol. The van der Waals surface area contributed by atoms with Crippen molar-refractivity contribution in [3.8, 4) is 0 Å². The normalized spacial score (nSPS) is 12.1. The molecule has 0 saturated heterocycles. The summed E-state index contributed by atoms with van der Waals surface area (Å²) in [5.74, 6) is -1.01. The first kappa shape index (κ1) is 18.2. The van der Waals surface area contributed by atoms with Gasteiger partial charge < -0.3 is 15.2 Å². The molecule has 1 aromatic carbocycles. The van der Waals surface area contributed by atoms with Gasteiger partial charge in [0.05, 0.1) is 6.61 Å². The van der Waals surface area contributed by atoms with Crippen molar-refractivity contribution in [2.75, 3.05) is 6.61 Å². The summed E-state index contributed by atoms with van der Waals surface area (Å²) in [6, 6.07) is 9.01. The third kappa shape index (κ3) is 7.78. The molecule has 2 N–H and O–H groups in total. The van der Waals surface area contributed by atoms with E-state index < -0.39 is 12.0 Å². The zero-order chi connectivity index (χ0) is 16.4. The maximum absolute atomic E-state index is 11.7. The van der Waals surface area contributed by atoms with Gasteiger partial charge in [-0.3, -0.25) is 4.79 Å². The van der Waals surface area contributed by atoms with Gasteiger partial charge in [0.25, 0.3) is 0 Å². The van der Waals surface area contributed by atoms with Gasteiger partial charge in [-0.05, 0) is 24.3 Å². The van der Waals surface area contributed by atoms with Crippen LogP contribution in [-0.2, 0) is 20.9 Å². The molecule has 0 aliphatic rings. The van der Waals surface area contributed by atoms with E-state index in [0.717, 1.165) is 5.56 Å². The van der Waals surface area contributed by atoms with Crippen LogP contribution in [-0.4, -0.2) is 29.6 Å². The molecule has 0 saturated carbocycles. The maximum Gasteiger partial charge on any atom is 0.326 e. The molecule has 5 heteroatoms. The molecule has 0 bridgehead atoms. The van der Waals surface area contributed by atoms with E-state index in [9.17, 15) is 9.59 Å². The Morgan fingerprint density at radius 2 is 1.91 bits per heavy atom. The summed E-state index contributed by atoms with van der Waals surface area (Å²) in [4.78, 5) is 22.8. The highest BCUT2D eigenvalue weighted by Gasteiger charge is 2.20. The molecule has 0 aliphatic carbocycles. The summed E-state index contributed by atoms with van der Waals surface area (Å²) in [5.41, 5.74) is 1.09. The van der Waals surface area contributed by atoms with Crippen molar-refractivity contribution in [1.82, 2.24) is 5.32 Å². The van der Waals surface area contributed by atoms with Crippen LogP contribution in [0, 0.1) is 5.92 Å². The number of hydrogen-bond donors (Lipinski definition) is 2. The number of carbonyl (C=O) groups is 2. The van der Waals surface area contributed by atoms with Gasteiger partial charge in [0, 0.05) is 13.0 Å². The molecule has 1 rings (SSSR count). The summed E-state index contributed by atoms with van der Waals surface area (Å²) in [7, 11) is 0. The van der Waals surface area contributed by atoms with E-state index in [1.165, 1.54) is 0 Å². The molecule has 0 aromatic heterocycles. The minimum atomic E-state index is -0.984. The zero-order valence-electron chi connectivity index (χ0n) is 13.2. The highest BCUT2D eigenvalue weighted by atomic mass is 16.5. The van der Waals surface area contributed by atoms with Gasteiger partial charge in [-0.15, -0.1) is 0 Å². The molecule has 1 aromatic rings. The first-order valence-corrected chi connectivity index (χ1v) is 7.63. The van der Waals surface area contributed by atoms with Crippen molar-refractivity contribution >= 4 is 11.9 Å². The Morgan fingerprint density at radius 3 is 2.50 bits per heavy atom. The van der Waals surface area contributed by atoms with Gasteiger partial charge in [0.1, 0.15) is 6.04 Å². The molecule has 0 fully saturated rings. The van der Waals surface area contributed by atoms with Crippen LogP contribution < -0.4 is 5.32 Å². The first-order valence-electron chi connectivity index (χ1n) is 7.63. The molecular weight excluding hydrogens is 282 g/mol. The molecule has 1 amide bonds. The van der Waals surface area contributed by atoms with Crippen LogP contribution >= 0.6 is 0 Å². The number of ether oxygens (including phenoxy) is 1. The number of rotatable bonds is 10. The van der Waals surface area contributed by atoms with E-state index in [0.29, 0.717) is 26.1 Å². The average Bonchev–Trinajstić information content (AvgIpc) is 2.46. The molecule has 122 valence electrons. The Labute approximate surface area is 131 Å². The van der Waals surface area contributed by atoms with Crippen LogP contribution in [0.3, 0.4) is 0 Å². The third-order valence-corrected chi connectivity index (χ3v) is 3.14. The number of amides is 1. The predicted octanol–water partition coefficient (Wildman–Crippen LogP) is 2.60. The van der Waals surface area contributed by atoms with Crippen LogP contribution in [0.2, 0.25) is 0 Å². The topological polar surface area (TPSA) is 75.6 Å². The lowest BCUT2D eigenvalue weighted by Gasteiger charge is -2.16. The van der Waals surface area contributed by atoms with E-state index in [1.54, 1.807) is 0 Å². The second-order valence-electron chi connectivity index (χ2n) is 5.73. The lowest BCUT2D eigenvalue weighted by atomic mass is 10.0. The van der Waals surface area contributed by atoms with Crippen molar-refractivity contribution < 1.29 is 19.4 Å². The van der Waals surface area contributed by atoms with Gasteiger partial charge in [-0.1, -0.05) is 44.2 Å². The van der Waals surface area contributed by atoms with Crippen LogP contribution in [0.25, 0.3) is 0 Å². The second-order valence-corrected chi connectivity index (χ2v) is 5.73. The van der Waals surface area contributed by atoms with Gasteiger partial charge >= 0.3 is 5.97 Å². The predicted molar refractivity (Wildman–Crippen MR) is 84.4 cm³/mol.